The Kier molecular flexibility index (Phi) is 4.56. The van der Waals surface area contributed by atoms with Gasteiger partial charge >= 0.3 is 5.97 Å². The van der Waals surface area contributed by atoms with Crippen LogP contribution in [0.1, 0.15) is 21.5 Å². The highest BCUT2D eigenvalue weighted by atomic mass is 16.5. The van der Waals surface area contributed by atoms with Gasteiger partial charge in [0.15, 0.2) is 0 Å². The molecule has 0 heterocycles. The Morgan fingerprint density at radius 1 is 1.20 bits per heavy atom. The molecule has 0 aliphatic rings. The van der Waals surface area contributed by atoms with Gasteiger partial charge in [0.2, 0.25) is 0 Å². The summed E-state index contributed by atoms with van der Waals surface area (Å²) in [6.07, 6.45) is 2.18. The summed E-state index contributed by atoms with van der Waals surface area (Å²) in [5.41, 5.74) is 2.02. The van der Waals surface area contributed by atoms with Crippen molar-refractivity contribution in [2.75, 3.05) is 0 Å². The van der Waals surface area contributed by atoms with Crippen molar-refractivity contribution in [3.8, 4) is 5.75 Å². The Bertz CT molecular complexity index is 603. The van der Waals surface area contributed by atoms with Gasteiger partial charge in [0.05, 0.1) is 5.56 Å². The second-order valence-corrected chi connectivity index (χ2v) is 4.40. The number of ether oxygens (including phenoxy) is 1. The number of hydrogen-bond donors (Lipinski definition) is 1. The van der Waals surface area contributed by atoms with E-state index in [2.05, 4.69) is 6.58 Å². The predicted octanol–water partition coefficient (Wildman–Crippen LogP) is 3.48. The first-order chi connectivity index (χ1) is 9.70. The van der Waals surface area contributed by atoms with E-state index in [0.29, 0.717) is 17.5 Å². The van der Waals surface area contributed by atoms with E-state index in [1.807, 2.05) is 30.3 Å². The Balaban J connectivity index is 2.05. The van der Waals surface area contributed by atoms with Gasteiger partial charge in [-0.2, -0.15) is 0 Å². The van der Waals surface area contributed by atoms with Crippen LogP contribution in [0.3, 0.4) is 0 Å². The van der Waals surface area contributed by atoms with Crippen LogP contribution in [-0.2, 0) is 17.8 Å². The number of phenolic OH excluding ortho intramolecular Hbond substituents is 1. The molecule has 3 heteroatoms. The summed E-state index contributed by atoms with van der Waals surface area (Å²) in [6, 6.07) is 14.2. The monoisotopic (exact) mass is 268 g/mol. The maximum absolute atomic E-state index is 12.0. The summed E-state index contributed by atoms with van der Waals surface area (Å²) < 4.78 is 5.24. The Hall–Kier alpha value is -2.55. The summed E-state index contributed by atoms with van der Waals surface area (Å²) in [6.45, 7) is 3.85. The predicted molar refractivity (Wildman–Crippen MR) is 77.6 cm³/mol. The molecule has 0 amide bonds. The van der Waals surface area contributed by atoms with E-state index in [1.165, 1.54) is 6.07 Å². The first-order valence-corrected chi connectivity index (χ1v) is 6.34. The van der Waals surface area contributed by atoms with E-state index in [4.69, 9.17) is 4.74 Å². The SMILES string of the molecule is C=CCc1cc(C(=O)OCc2ccccc2)ccc1O. The van der Waals surface area contributed by atoms with Gasteiger partial charge in [-0.25, -0.2) is 4.79 Å². The van der Waals surface area contributed by atoms with E-state index < -0.39 is 5.97 Å². The van der Waals surface area contributed by atoms with Crippen molar-refractivity contribution in [3.63, 3.8) is 0 Å². The number of rotatable bonds is 5. The number of carbonyl (C=O) groups excluding carboxylic acids is 1. The van der Waals surface area contributed by atoms with E-state index in [9.17, 15) is 9.90 Å². The molecule has 0 spiro atoms. The molecule has 0 aliphatic carbocycles. The number of aromatic hydroxyl groups is 1. The van der Waals surface area contributed by atoms with Gasteiger partial charge in [0.25, 0.3) is 0 Å². The topological polar surface area (TPSA) is 46.5 Å². The minimum absolute atomic E-state index is 0.157. The van der Waals surface area contributed by atoms with E-state index in [0.717, 1.165) is 5.56 Å². The lowest BCUT2D eigenvalue weighted by Gasteiger charge is -2.07. The van der Waals surface area contributed by atoms with Crippen LogP contribution >= 0.6 is 0 Å². The molecule has 0 aliphatic heterocycles. The quantitative estimate of drug-likeness (QED) is 0.667. The molecule has 0 aromatic heterocycles. The lowest BCUT2D eigenvalue weighted by atomic mass is 10.1. The van der Waals surface area contributed by atoms with Crippen LogP contribution in [0.25, 0.3) is 0 Å². The van der Waals surface area contributed by atoms with Gasteiger partial charge in [0.1, 0.15) is 12.4 Å². The van der Waals surface area contributed by atoms with Crippen LogP contribution in [0, 0.1) is 0 Å². The number of phenols is 1. The normalized spacial score (nSPS) is 10.0. The van der Waals surface area contributed by atoms with Crippen LogP contribution in [-0.4, -0.2) is 11.1 Å². The van der Waals surface area contributed by atoms with Gasteiger partial charge in [-0.15, -0.1) is 6.58 Å². The van der Waals surface area contributed by atoms with Crippen molar-refractivity contribution in [1.82, 2.24) is 0 Å². The van der Waals surface area contributed by atoms with Gasteiger partial charge in [-0.3, -0.25) is 0 Å². The number of esters is 1. The number of allylic oxidation sites excluding steroid dienone is 1. The summed E-state index contributed by atoms with van der Waals surface area (Å²) >= 11 is 0. The molecular weight excluding hydrogens is 252 g/mol. The molecule has 102 valence electrons. The third-order valence-corrected chi connectivity index (χ3v) is 2.89. The van der Waals surface area contributed by atoms with Crippen molar-refractivity contribution >= 4 is 5.97 Å². The lowest BCUT2D eigenvalue weighted by Crippen LogP contribution is -2.05. The first-order valence-electron chi connectivity index (χ1n) is 6.34. The molecule has 0 bridgehead atoms. The molecule has 20 heavy (non-hydrogen) atoms. The van der Waals surface area contributed by atoms with Crippen molar-refractivity contribution in [2.45, 2.75) is 13.0 Å². The van der Waals surface area contributed by atoms with Gasteiger partial charge in [0, 0.05) is 0 Å². The zero-order valence-electron chi connectivity index (χ0n) is 11.1. The molecule has 0 atom stereocenters. The third-order valence-electron chi connectivity index (χ3n) is 2.89. The summed E-state index contributed by atoms with van der Waals surface area (Å²) in [4.78, 5) is 12.0. The molecule has 2 aromatic rings. The largest absolute Gasteiger partial charge is 0.508 e. The molecule has 2 rings (SSSR count). The van der Waals surface area contributed by atoms with Gasteiger partial charge in [-0.05, 0) is 35.7 Å². The molecule has 2 aromatic carbocycles. The van der Waals surface area contributed by atoms with Gasteiger partial charge < -0.3 is 9.84 Å². The highest BCUT2D eigenvalue weighted by Gasteiger charge is 2.10. The number of hydrogen-bond acceptors (Lipinski definition) is 3. The van der Waals surface area contributed by atoms with Crippen LogP contribution < -0.4 is 0 Å². The average Bonchev–Trinajstić information content (AvgIpc) is 2.48. The lowest BCUT2D eigenvalue weighted by molar-refractivity contribution is 0.0472. The van der Waals surface area contributed by atoms with Crippen LogP contribution in [0.4, 0.5) is 0 Å². The third kappa shape index (κ3) is 3.48. The van der Waals surface area contributed by atoms with Crippen molar-refractivity contribution in [3.05, 3.63) is 77.9 Å². The minimum atomic E-state index is -0.404. The Labute approximate surface area is 118 Å². The number of benzene rings is 2. The van der Waals surface area contributed by atoms with Crippen LogP contribution in [0.15, 0.2) is 61.2 Å². The van der Waals surface area contributed by atoms with Crippen molar-refractivity contribution < 1.29 is 14.6 Å². The summed E-state index contributed by atoms with van der Waals surface area (Å²) in [7, 11) is 0. The van der Waals surface area contributed by atoms with Crippen molar-refractivity contribution in [1.29, 1.82) is 0 Å². The smallest absolute Gasteiger partial charge is 0.338 e. The maximum Gasteiger partial charge on any atom is 0.338 e. The molecule has 0 fully saturated rings. The maximum atomic E-state index is 12.0. The average molecular weight is 268 g/mol. The Morgan fingerprint density at radius 2 is 1.95 bits per heavy atom. The summed E-state index contributed by atoms with van der Waals surface area (Å²) in [5.74, 6) is -0.247. The highest BCUT2D eigenvalue weighted by molar-refractivity contribution is 5.89. The zero-order chi connectivity index (χ0) is 14.4. The molecular formula is C17H16O3. The molecule has 0 saturated carbocycles. The summed E-state index contributed by atoms with van der Waals surface area (Å²) in [5, 5.41) is 9.66. The molecule has 3 nitrogen and oxygen atoms in total. The fraction of sp³-hybridized carbons (Fsp3) is 0.118. The second kappa shape index (κ2) is 6.57. The highest BCUT2D eigenvalue weighted by Crippen LogP contribution is 2.20. The fourth-order valence-corrected chi connectivity index (χ4v) is 1.84. The second-order valence-electron chi connectivity index (χ2n) is 4.40. The number of carbonyl (C=O) groups is 1. The zero-order valence-corrected chi connectivity index (χ0v) is 11.1. The first kappa shape index (κ1) is 13.9. The van der Waals surface area contributed by atoms with Crippen LogP contribution in [0.2, 0.25) is 0 Å². The molecule has 0 saturated heterocycles. The van der Waals surface area contributed by atoms with E-state index >= 15 is 0 Å². The Morgan fingerprint density at radius 3 is 2.65 bits per heavy atom. The van der Waals surface area contributed by atoms with Crippen molar-refractivity contribution in [2.24, 2.45) is 0 Å². The van der Waals surface area contributed by atoms with E-state index in [1.54, 1.807) is 18.2 Å². The van der Waals surface area contributed by atoms with Gasteiger partial charge in [-0.1, -0.05) is 36.4 Å². The molecule has 1 N–H and O–H groups in total. The molecule has 0 radical (unpaired) electrons. The minimum Gasteiger partial charge on any atom is -0.508 e. The molecule has 0 unspecified atom stereocenters. The van der Waals surface area contributed by atoms with E-state index in [-0.39, 0.29) is 12.4 Å². The fourth-order valence-electron chi connectivity index (χ4n) is 1.84. The standard InChI is InChI=1S/C17H16O3/c1-2-6-14-11-15(9-10-16(14)18)17(19)20-12-13-7-4-3-5-8-13/h2-5,7-11,18H,1,6,12H2. The van der Waals surface area contributed by atoms with Crippen LogP contribution in [0.5, 0.6) is 5.75 Å².